The summed E-state index contributed by atoms with van der Waals surface area (Å²) in [5.41, 5.74) is 0.441. The number of nitrogens with zero attached hydrogens (tertiary/aromatic N) is 1. The summed E-state index contributed by atoms with van der Waals surface area (Å²) in [5.74, 6) is -0.331. The summed E-state index contributed by atoms with van der Waals surface area (Å²) in [4.78, 5) is 13.3. The second kappa shape index (κ2) is 4.57. The minimum absolute atomic E-state index is 0.331. The number of likely N-dealkylation sites (tertiary alicyclic amines) is 1. The molecular weight excluding hydrogens is 237 g/mol. The van der Waals surface area contributed by atoms with Crippen molar-refractivity contribution in [3.63, 3.8) is 0 Å². The van der Waals surface area contributed by atoms with Gasteiger partial charge in [0.25, 0.3) is 0 Å². The number of benzene rings is 1. The lowest BCUT2D eigenvalue weighted by molar-refractivity contribution is 0.0658. The predicted octanol–water partition coefficient (Wildman–Crippen LogP) is 2.46. The van der Waals surface area contributed by atoms with Gasteiger partial charge in [-0.3, -0.25) is 0 Å². The monoisotopic (exact) mass is 251 g/mol. The van der Waals surface area contributed by atoms with Gasteiger partial charge < -0.3 is 14.4 Å². The van der Waals surface area contributed by atoms with Gasteiger partial charge in [0.1, 0.15) is 5.82 Å². The van der Waals surface area contributed by atoms with Crippen LogP contribution in [0.5, 0.6) is 0 Å². The highest BCUT2D eigenvalue weighted by Crippen LogP contribution is 2.40. The van der Waals surface area contributed by atoms with Gasteiger partial charge in [0.05, 0.1) is 0 Å². The fourth-order valence-corrected chi connectivity index (χ4v) is 2.19. The molecule has 0 N–H and O–H groups in total. The minimum Gasteiger partial charge on any atom is -0.416 e. The highest BCUT2D eigenvalue weighted by molar-refractivity contribution is 5.68. The number of epoxide rings is 1. The molecule has 2 atom stereocenters. The first-order valence-electron chi connectivity index (χ1n) is 6.11. The topological polar surface area (TPSA) is 42.1 Å². The van der Waals surface area contributed by atoms with E-state index in [2.05, 4.69) is 0 Å². The van der Waals surface area contributed by atoms with E-state index >= 15 is 0 Å². The van der Waals surface area contributed by atoms with Crippen molar-refractivity contribution < 1.29 is 18.7 Å². The van der Waals surface area contributed by atoms with Crippen molar-refractivity contribution in [2.75, 3.05) is 13.1 Å². The molecule has 96 valence electrons. The first-order valence-corrected chi connectivity index (χ1v) is 6.11. The number of rotatable bonds is 2. The van der Waals surface area contributed by atoms with Crippen LogP contribution in [0.1, 0.15) is 24.5 Å². The van der Waals surface area contributed by atoms with E-state index in [1.54, 1.807) is 23.1 Å². The summed E-state index contributed by atoms with van der Waals surface area (Å²) in [5, 5.41) is 0. The highest BCUT2D eigenvalue weighted by Gasteiger charge is 2.46. The van der Waals surface area contributed by atoms with E-state index in [0.717, 1.165) is 25.9 Å². The molecular formula is C13H14FNO3. The first-order chi connectivity index (χ1) is 8.75. The Balaban J connectivity index is 1.58. The van der Waals surface area contributed by atoms with E-state index in [9.17, 15) is 9.18 Å². The van der Waals surface area contributed by atoms with Crippen LogP contribution < -0.4 is 0 Å². The molecule has 1 amide bonds. The predicted molar refractivity (Wildman–Crippen MR) is 61.3 cm³/mol. The Morgan fingerprint density at radius 2 is 2.06 bits per heavy atom. The summed E-state index contributed by atoms with van der Waals surface area (Å²) in [6.45, 7) is 1.46. The Labute approximate surface area is 104 Å². The maximum Gasteiger partial charge on any atom is 0.412 e. The molecule has 2 aliphatic heterocycles. The quantitative estimate of drug-likeness (QED) is 0.758. The van der Waals surface area contributed by atoms with Crippen molar-refractivity contribution in [1.29, 1.82) is 0 Å². The average molecular weight is 251 g/mol. The van der Waals surface area contributed by atoms with Crippen molar-refractivity contribution in [2.24, 2.45) is 0 Å². The number of halogens is 1. The molecule has 2 aliphatic rings. The molecule has 0 bridgehead atoms. The van der Waals surface area contributed by atoms with E-state index in [-0.39, 0.29) is 11.9 Å². The molecule has 0 saturated carbocycles. The second-order valence-corrected chi connectivity index (χ2v) is 4.52. The minimum atomic E-state index is -0.644. The summed E-state index contributed by atoms with van der Waals surface area (Å²) in [6, 6.07) is 6.37. The van der Waals surface area contributed by atoms with Crippen molar-refractivity contribution in [2.45, 2.75) is 25.2 Å². The van der Waals surface area contributed by atoms with Crippen molar-refractivity contribution in [3.8, 4) is 0 Å². The normalized spacial score (nSPS) is 26.2. The summed E-state index contributed by atoms with van der Waals surface area (Å²) >= 11 is 0. The van der Waals surface area contributed by atoms with Gasteiger partial charge in [-0.25, -0.2) is 9.18 Å². The molecule has 2 saturated heterocycles. The second-order valence-electron chi connectivity index (χ2n) is 4.52. The molecule has 0 aromatic heterocycles. The van der Waals surface area contributed by atoms with Gasteiger partial charge in [0.15, 0.2) is 6.10 Å². The van der Waals surface area contributed by atoms with Crippen LogP contribution in [0.3, 0.4) is 0 Å². The van der Waals surface area contributed by atoms with Gasteiger partial charge in [-0.2, -0.15) is 0 Å². The van der Waals surface area contributed by atoms with Crippen LogP contribution in [0.2, 0.25) is 0 Å². The Morgan fingerprint density at radius 3 is 2.78 bits per heavy atom. The number of carbonyl (C=O) groups is 1. The molecule has 0 unspecified atom stereocenters. The van der Waals surface area contributed by atoms with E-state index in [1.807, 2.05) is 0 Å². The number of carbonyl (C=O) groups excluding carboxylic acids is 1. The molecule has 0 aliphatic carbocycles. The van der Waals surface area contributed by atoms with Gasteiger partial charge >= 0.3 is 6.09 Å². The molecule has 18 heavy (non-hydrogen) atoms. The third-order valence-corrected chi connectivity index (χ3v) is 3.24. The lowest BCUT2D eigenvalue weighted by Gasteiger charge is -2.13. The standard InChI is InChI=1S/C13H14FNO3/c14-10-6-2-1-5-9(10)11-12(17-11)18-13(16)15-7-3-4-8-15/h1-2,5-6,11-12H,3-4,7-8H2/t11-,12-/m1/s1. The zero-order valence-corrected chi connectivity index (χ0v) is 9.84. The van der Waals surface area contributed by atoms with E-state index in [0.29, 0.717) is 5.56 Å². The van der Waals surface area contributed by atoms with Crippen LogP contribution >= 0.6 is 0 Å². The first kappa shape index (κ1) is 11.5. The highest BCUT2D eigenvalue weighted by atomic mass is 19.1. The Bertz CT molecular complexity index is 459. The molecule has 1 aromatic rings. The zero-order valence-electron chi connectivity index (χ0n) is 9.84. The molecule has 2 heterocycles. The summed E-state index contributed by atoms with van der Waals surface area (Å²) in [6.07, 6.45) is 0.554. The van der Waals surface area contributed by atoms with Gasteiger partial charge in [0.2, 0.25) is 6.29 Å². The third kappa shape index (κ3) is 2.18. The maximum absolute atomic E-state index is 13.5. The number of amides is 1. The number of hydrogen-bond acceptors (Lipinski definition) is 3. The molecule has 1 aromatic carbocycles. The van der Waals surface area contributed by atoms with Crippen LogP contribution in [-0.4, -0.2) is 30.4 Å². The van der Waals surface area contributed by atoms with Crippen LogP contribution in [0.15, 0.2) is 24.3 Å². The Morgan fingerprint density at radius 1 is 1.33 bits per heavy atom. The fraction of sp³-hybridized carbons (Fsp3) is 0.462. The lowest BCUT2D eigenvalue weighted by Crippen LogP contribution is -2.29. The molecule has 5 heteroatoms. The average Bonchev–Trinajstić information content (AvgIpc) is 2.92. The SMILES string of the molecule is O=C(O[C@H]1O[C@@H]1c1ccccc1F)N1CCCC1. The largest absolute Gasteiger partial charge is 0.416 e. The third-order valence-electron chi connectivity index (χ3n) is 3.24. The molecule has 2 fully saturated rings. The Hall–Kier alpha value is -1.62. The van der Waals surface area contributed by atoms with Gasteiger partial charge in [-0.15, -0.1) is 0 Å². The number of ether oxygens (including phenoxy) is 2. The maximum atomic E-state index is 13.5. The summed E-state index contributed by atoms with van der Waals surface area (Å²) < 4.78 is 23.8. The van der Waals surface area contributed by atoms with Gasteiger partial charge in [0, 0.05) is 18.7 Å². The van der Waals surface area contributed by atoms with E-state index in [1.165, 1.54) is 6.07 Å². The Kier molecular flexibility index (Phi) is 2.91. The zero-order chi connectivity index (χ0) is 12.5. The smallest absolute Gasteiger partial charge is 0.412 e. The fourth-order valence-electron chi connectivity index (χ4n) is 2.19. The van der Waals surface area contributed by atoms with Crippen LogP contribution in [0, 0.1) is 5.82 Å². The molecule has 0 radical (unpaired) electrons. The summed E-state index contributed by atoms with van der Waals surface area (Å²) in [7, 11) is 0. The van der Waals surface area contributed by atoms with Gasteiger partial charge in [-0.1, -0.05) is 18.2 Å². The number of hydrogen-bond donors (Lipinski definition) is 0. The van der Waals surface area contributed by atoms with Crippen LogP contribution in [0.4, 0.5) is 9.18 Å². The van der Waals surface area contributed by atoms with Crippen molar-refractivity contribution in [3.05, 3.63) is 35.6 Å². The van der Waals surface area contributed by atoms with Crippen molar-refractivity contribution in [1.82, 2.24) is 4.90 Å². The van der Waals surface area contributed by atoms with Crippen LogP contribution in [-0.2, 0) is 9.47 Å². The molecule has 0 spiro atoms. The molecule has 3 rings (SSSR count). The van der Waals surface area contributed by atoms with Gasteiger partial charge in [-0.05, 0) is 18.9 Å². The van der Waals surface area contributed by atoms with Crippen molar-refractivity contribution >= 4 is 6.09 Å². The van der Waals surface area contributed by atoms with E-state index < -0.39 is 12.4 Å². The van der Waals surface area contributed by atoms with Crippen LogP contribution in [0.25, 0.3) is 0 Å². The van der Waals surface area contributed by atoms with E-state index in [4.69, 9.17) is 9.47 Å². The lowest BCUT2D eigenvalue weighted by atomic mass is 10.1. The molecule has 4 nitrogen and oxygen atoms in total.